The van der Waals surface area contributed by atoms with Crippen molar-refractivity contribution in [2.75, 3.05) is 24.6 Å². The van der Waals surface area contributed by atoms with Crippen LogP contribution < -0.4 is 4.31 Å². The van der Waals surface area contributed by atoms with Crippen molar-refractivity contribution in [3.05, 3.63) is 24.0 Å². The molecule has 1 fully saturated rings. The second kappa shape index (κ2) is 3.93. The third-order valence-corrected chi connectivity index (χ3v) is 6.36. The van der Waals surface area contributed by atoms with Gasteiger partial charge in [0.2, 0.25) is 10.0 Å². The van der Waals surface area contributed by atoms with Crippen molar-refractivity contribution in [2.24, 2.45) is 0 Å². The van der Waals surface area contributed by atoms with Gasteiger partial charge in [0.05, 0.1) is 12.3 Å². The van der Waals surface area contributed by atoms with E-state index in [4.69, 9.17) is 4.74 Å². The molecule has 2 aliphatic rings. The van der Waals surface area contributed by atoms with Crippen LogP contribution in [0, 0.1) is 0 Å². The number of pyridine rings is 1. The van der Waals surface area contributed by atoms with Crippen LogP contribution in [0.15, 0.2) is 18.5 Å². The Morgan fingerprint density at radius 2 is 2.28 bits per heavy atom. The first-order valence-corrected chi connectivity index (χ1v) is 7.49. The van der Waals surface area contributed by atoms with Gasteiger partial charge in [-0.1, -0.05) is 0 Å². The van der Waals surface area contributed by atoms with Gasteiger partial charge in [-0.15, -0.1) is 0 Å². The molecule has 1 aliphatic heterocycles. The fourth-order valence-corrected chi connectivity index (χ4v) is 4.68. The molecule has 5 nitrogen and oxygen atoms in total. The number of anilines is 1. The zero-order valence-electron chi connectivity index (χ0n) is 10.3. The van der Waals surface area contributed by atoms with Gasteiger partial charge in [-0.2, -0.15) is 0 Å². The van der Waals surface area contributed by atoms with Crippen LogP contribution in [0.5, 0.6) is 0 Å². The molecule has 0 aromatic carbocycles. The van der Waals surface area contributed by atoms with Crippen LogP contribution >= 0.6 is 0 Å². The molecule has 0 unspecified atom stereocenters. The highest BCUT2D eigenvalue weighted by molar-refractivity contribution is 7.94. The van der Waals surface area contributed by atoms with E-state index in [0.717, 1.165) is 17.7 Å². The molecule has 1 aromatic rings. The maximum Gasteiger partial charge on any atom is 0.243 e. The van der Waals surface area contributed by atoms with Gasteiger partial charge in [-0.05, 0) is 30.9 Å². The molecule has 1 aromatic heterocycles. The fraction of sp³-hybridized carbons (Fsp3) is 0.583. The van der Waals surface area contributed by atoms with Gasteiger partial charge in [0, 0.05) is 26.0 Å². The van der Waals surface area contributed by atoms with Crippen molar-refractivity contribution in [3.8, 4) is 0 Å². The highest BCUT2D eigenvalue weighted by atomic mass is 32.2. The standard InChI is InChI=1S/C12H16N2O3S/c1-17-9-12(4-5-12)18(15,16)14-7-3-10-8-13-6-2-11(10)14/h2,6,8H,3-5,7,9H2,1H3. The monoisotopic (exact) mass is 268 g/mol. The predicted molar refractivity (Wildman–Crippen MR) is 68.0 cm³/mol. The zero-order valence-corrected chi connectivity index (χ0v) is 11.1. The highest BCUT2D eigenvalue weighted by Crippen LogP contribution is 2.47. The van der Waals surface area contributed by atoms with Crippen molar-refractivity contribution in [1.29, 1.82) is 0 Å². The predicted octanol–water partition coefficient (Wildman–Crippen LogP) is 0.953. The van der Waals surface area contributed by atoms with E-state index in [9.17, 15) is 8.42 Å². The molecule has 98 valence electrons. The third kappa shape index (κ3) is 1.55. The summed E-state index contributed by atoms with van der Waals surface area (Å²) < 4.78 is 31.3. The molecule has 0 amide bonds. The fourth-order valence-electron chi connectivity index (χ4n) is 2.56. The summed E-state index contributed by atoms with van der Waals surface area (Å²) in [7, 11) is -1.77. The van der Waals surface area contributed by atoms with Crippen molar-refractivity contribution in [2.45, 2.75) is 24.0 Å². The maximum absolute atomic E-state index is 12.7. The Bertz CT molecular complexity index is 566. The van der Waals surface area contributed by atoms with Crippen LogP contribution in [-0.4, -0.2) is 38.4 Å². The molecule has 0 saturated heterocycles. The van der Waals surface area contributed by atoms with Crippen LogP contribution in [0.25, 0.3) is 0 Å². The van der Waals surface area contributed by atoms with E-state index in [1.807, 2.05) is 0 Å². The number of aromatic nitrogens is 1. The summed E-state index contributed by atoms with van der Waals surface area (Å²) in [5.41, 5.74) is 1.79. The SMILES string of the molecule is COCC1(S(=O)(=O)N2CCc3cnccc32)CC1. The molecular formula is C12H16N2O3S. The van der Waals surface area contributed by atoms with E-state index in [2.05, 4.69) is 4.98 Å². The number of sulfonamides is 1. The number of fused-ring (bicyclic) bond motifs is 1. The lowest BCUT2D eigenvalue weighted by atomic mass is 10.2. The lowest BCUT2D eigenvalue weighted by Crippen LogP contribution is -2.41. The molecule has 0 N–H and O–H groups in total. The lowest BCUT2D eigenvalue weighted by molar-refractivity contribution is 0.191. The van der Waals surface area contributed by atoms with Gasteiger partial charge in [-0.25, -0.2) is 8.42 Å². The summed E-state index contributed by atoms with van der Waals surface area (Å²) in [4.78, 5) is 4.04. The molecule has 6 heteroatoms. The van der Waals surface area contributed by atoms with E-state index in [-0.39, 0.29) is 6.61 Å². The number of methoxy groups -OCH3 is 1. The molecule has 0 atom stereocenters. The summed E-state index contributed by atoms with van der Waals surface area (Å²) in [6.45, 7) is 0.807. The van der Waals surface area contributed by atoms with Crippen LogP contribution in [0.1, 0.15) is 18.4 Å². The van der Waals surface area contributed by atoms with Crippen LogP contribution in [0.3, 0.4) is 0 Å². The minimum atomic E-state index is -3.32. The molecule has 18 heavy (non-hydrogen) atoms. The second-order valence-electron chi connectivity index (χ2n) is 4.95. The number of hydrogen-bond acceptors (Lipinski definition) is 4. The molecule has 0 radical (unpaired) electrons. The quantitative estimate of drug-likeness (QED) is 0.816. The summed E-state index contributed by atoms with van der Waals surface area (Å²) in [5, 5.41) is 0. The Morgan fingerprint density at radius 1 is 1.50 bits per heavy atom. The Morgan fingerprint density at radius 3 is 2.94 bits per heavy atom. The Hall–Kier alpha value is -1.14. The number of hydrogen-bond donors (Lipinski definition) is 0. The van der Waals surface area contributed by atoms with Crippen LogP contribution in [0.4, 0.5) is 5.69 Å². The van der Waals surface area contributed by atoms with Gasteiger partial charge in [0.1, 0.15) is 4.75 Å². The molecule has 3 rings (SSSR count). The summed E-state index contributed by atoms with van der Waals surface area (Å²) in [6, 6.07) is 1.78. The summed E-state index contributed by atoms with van der Waals surface area (Å²) >= 11 is 0. The molecule has 2 heterocycles. The number of rotatable bonds is 4. The van der Waals surface area contributed by atoms with Gasteiger partial charge < -0.3 is 4.74 Å². The van der Waals surface area contributed by atoms with Crippen molar-refractivity contribution >= 4 is 15.7 Å². The molecule has 1 saturated carbocycles. The second-order valence-corrected chi connectivity index (χ2v) is 7.20. The zero-order chi connectivity index (χ0) is 12.8. The molecule has 1 aliphatic carbocycles. The topological polar surface area (TPSA) is 59.5 Å². The maximum atomic E-state index is 12.7. The van der Waals surface area contributed by atoms with Gasteiger partial charge >= 0.3 is 0 Å². The van der Waals surface area contributed by atoms with E-state index < -0.39 is 14.8 Å². The Balaban J connectivity index is 1.98. The van der Waals surface area contributed by atoms with Crippen LogP contribution in [0.2, 0.25) is 0 Å². The van der Waals surface area contributed by atoms with E-state index in [1.54, 1.807) is 25.6 Å². The first kappa shape index (κ1) is 11.9. The van der Waals surface area contributed by atoms with E-state index in [0.29, 0.717) is 19.4 Å². The smallest absolute Gasteiger partial charge is 0.243 e. The average Bonchev–Trinajstić information content (AvgIpc) is 3.02. The Labute approximate surface area is 107 Å². The third-order valence-electron chi connectivity index (χ3n) is 3.78. The minimum absolute atomic E-state index is 0.284. The molecule has 0 spiro atoms. The summed E-state index contributed by atoms with van der Waals surface area (Å²) in [6.07, 6.45) is 5.52. The van der Waals surface area contributed by atoms with Crippen molar-refractivity contribution < 1.29 is 13.2 Å². The number of ether oxygens (including phenoxy) is 1. The van der Waals surface area contributed by atoms with Gasteiger partial charge in [0.25, 0.3) is 0 Å². The summed E-state index contributed by atoms with van der Waals surface area (Å²) in [5.74, 6) is 0. The van der Waals surface area contributed by atoms with Gasteiger partial charge in [0.15, 0.2) is 0 Å². The largest absolute Gasteiger partial charge is 0.383 e. The van der Waals surface area contributed by atoms with E-state index in [1.165, 1.54) is 4.31 Å². The average molecular weight is 268 g/mol. The lowest BCUT2D eigenvalue weighted by Gasteiger charge is -2.25. The minimum Gasteiger partial charge on any atom is -0.383 e. The van der Waals surface area contributed by atoms with Crippen molar-refractivity contribution in [3.63, 3.8) is 0 Å². The Kier molecular flexibility index (Phi) is 2.60. The van der Waals surface area contributed by atoms with Gasteiger partial charge in [-0.3, -0.25) is 9.29 Å². The van der Waals surface area contributed by atoms with Crippen molar-refractivity contribution in [1.82, 2.24) is 4.98 Å². The van der Waals surface area contributed by atoms with E-state index >= 15 is 0 Å². The highest BCUT2D eigenvalue weighted by Gasteiger charge is 2.57. The first-order valence-electron chi connectivity index (χ1n) is 6.05. The van der Waals surface area contributed by atoms with Crippen LogP contribution in [-0.2, 0) is 21.2 Å². The first-order chi connectivity index (χ1) is 8.61. The molecular weight excluding hydrogens is 252 g/mol. The normalized spacial score (nSPS) is 20.8. The molecule has 0 bridgehead atoms. The number of nitrogens with zero attached hydrogens (tertiary/aromatic N) is 2.